The van der Waals surface area contributed by atoms with Gasteiger partial charge in [-0.25, -0.2) is 0 Å². The van der Waals surface area contributed by atoms with Crippen LogP contribution in [-0.4, -0.2) is 59.1 Å². The van der Waals surface area contributed by atoms with Crippen molar-refractivity contribution < 1.29 is 9.90 Å². The molecule has 2 aromatic carbocycles. The van der Waals surface area contributed by atoms with E-state index in [1.165, 1.54) is 11.1 Å². The summed E-state index contributed by atoms with van der Waals surface area (Å²) in [5.41, 5.74) is 2.63. The van der Waals surface area contributed by atoms with E-state index in [-0.39, 0.29) is 5.91 Å². The lowest BCUT2D eigenvalue weighted by molar-refractivity contribution is -0.0399. The van der Waals surface area contributed by atoms with Crippen molar-refractivity contribution in [2.45, 2.75) is 44.1 Å². The molecule has 0 bridgehead atoms. The topological polar surface area (TPSA) is 43.8 Å². The molecular formula is C31H36Cl2N2O2S. The number of piperidine rings is 1. The maximum Gasteiger partial charge on any atom is 0.253 e. The minimum atomic E-state index is -0.594. The Morgan fingerprint density at radius 1 is 1.08 bits per heavy atom. The van der Waals surface area contributed by atoms with Crippen LogP contribution in [0.3, 0.4) is 0 Å². The van der Waals surface area contributed by atoms with Gasteiger partial charge in [0, 0.05) is 44.2 Å². The van der Waals surface area contributed by atoms with E-state index in [4.69, 9.17) is 23.2 Å². The predicted octanol–water partition coefficient (Wildman–Crippen LogP) is 7.01. The number of thiophene rings is 1. The van der Waals surface area contributed by atoms with Crippen LogP contribution in [0.15, 0.2) is 65.4 Å². The third-order valence-electron chi connectivity index (χ3n) is 8.30. The SMILES string of the molecule is CC(Cc1ccccc1)CC1(O)CCN(CC2CN(C(=O)c3ccc(Cl)c(Cl)c3)CC2c2ccsc2)CC1. The Morgan fingerprint density at radius 2 is 1.84 bits per heavy atom. The average Bonchev–Trinajstić information content (AvgIpc) is 3.57. The summed E-state index contributed by atoms with van der Waals surface area (Å²) in [7, 11) is 0. The van der Waals surface area contributed by atoms with Gasteiger partial charge in [-0.3, -0.25) is 4.79 Å². The summed E-state index contributed by atoms with van der Waals surface area (Å²) in [6.07, 6.45) is 3.43. The fourth-order valence-electron chi connectivity index (χ4n) is 6.32. The fourth-order valence-corrected chi connectivity index (χ4v) is 7.35. The summed E-state index contributed by atoms with van der Waals surface area (Å²) in [5, 5.41) is 16.6. The first-order valence-corrected chi connectivity index (χ1v) is 15.2. The third-order valence-corrected chi connectivity index (χ3v) is 9.74. The Labute approximate surface area is 240 Å². The number of carbonyl (C=O) groups is 1. The van der Waals surface area contributed by atoms with Crippen LogP contribution >= 0.6 is 34.5 Å². The van der Waals surface area contributed by atoms with Gasteiger partial charge < -0.3 is 14.9 Å². The molecule has 0 spiro atoms. The van der Waals surface area contributed by atoms with Gasteiger partial charge >= 0.3 is 0 Å². The van der Waals surface area contributed by atoms with E-state index < -0.39 is 5.60 Å². The zero-order valence-electron chi connectivity index (χ0n) is 21.9. The van der Waals surface area contributed by atoms with E-state index in [1.807, 2.05) is 11.0 Å². The summed E-state index contributed by atoms with van der Waals surface area (Å²) in [4.78, 5) is 17.8. The molecule has 3 heterocycles. The first kappa shape index (κ1) is 27.7. The second-order valence-electron chi connectivity index (χ2n) is 11.3. The van der Waals surface area contributed by atoms with E-state index >= 15 is 0 Å². The summed E-state index contributed by atoms with van der Waals surface area (Å²) in [5.74, 6) is 1.10. The van der Waals surface area contributed by atoms with Crippen LogP contribution in [-0.2, 0) is 6.42 Å². The van der Waals surface area contributed by atoms with Crippen LogP contribution in [0, 0.1) is 11.8 Å². The highest BCUT2D eigenvalue weighted by atomic mass is 35.5. The zero-order chi connectivity index (χ0) is 26.7. The minimum absolute atomic E-state index is 0.00622. The van der Waals surface area contributed by atoms with Crippen LogP contribution in [0.25, 0.3) is 0 Å². The molecule has 2 aliphatic heterocycles. The molecule has 202 valence electrons. The summed E-state index contributed by atoms with van der Waals surface area (Å²) < 4.78 is 0. The molecule has 0 aliphatic carbocycles. The van der Waals surface area contributed by atoms with Crippen LogP contribution in [0.5, 0.6) is 0 Å². The maximum atomic E-state index is 13.4. The monoisotopic (exact) mass is 570 g/mol. The first-order chi connectivity index (χ1) is 18.3. The van der Waals surface area contributed by atoms with Gasteiger partial charge in [0.05, 0.1) is 15.6 Å². The second-order valence-corrected chi connectivity index (χ2v) is 12.9. The van der Waals surface area contributed by atoms with Gasteiger partial charge in [0.2, 0.25) is 0 Å². The molecule has 1 N–H and O–H groups in total. The summed E-state index contributed by atoms with van der Waals surface area (Å²) in [6, 6.07) is 17.9. The number of hydrogen-bond acceptors (Lipinski definition) is 4. The van der Waals surface area contributed by atoms with Crippen LogP contribution in [0.1, 0.15) is 53.6 Å². The molecule has 1 amide bonds. The molecule has 4 nitrogen and oxygen atoms in total. The van der Waals surface area contributed by atoms with E-state index in [9.17, 15) is 9.90 Å². The highest BCUT2D eigenvalue weighted by Crippen LogP contribution is 2.37. The van der Waals surface area contributed by atoms with Gasteiger partial charge in [0.25, 0.3) is 5.91 Å². The van der Waals surface area contributed by atoms with Crippen LogP contribution in [0.2, 0.25) is 10.0 Å². The number of likely N-dealkylation sites (tertiary alicyclic amines) is 2. The highest BCUT2D eigenvalue weighted by molar-refractivity contribution is 7.08. The van der Waals surface area contributed by atoms with Gasteiger partial charge in [-0.15, -0.1) is 0 Å². The van der Waals surface area contributed by atoms with E-state index in [0.717, 1.165) is 45.3 Å². The van der Waals surface area contributed by atoms with Crippen molar-refractivity contribution >= 4 is 40.4 Å². The molecule has 0 saturated carbocycles. The second kappa shape index (κ2) is 12.1. The molecule has 0 radical (unpaired) electrons. The average molecular weight is 572 g/mol. The molecule has 3 unspecified atom stereocenters. The van der Waals surface area contributed by atoms with E-state index in [0.29, 0.717) is 46.5 Å². The molecule has 2 saturated heterocycles. The van der Waals surface area contributed by atoms with Crippen molar-refractivity contribution in [2.24, 2.45) is 11.8 Å². The van der Waals surface area contributed by atoms with Gasteiger partial charge in [-0.1, -0.05) is 60.5 Å². The van der Waals surface area contributed by atoms with Crippen molar-refractivity contribution in [1.82, 2.24) is 9.80 Å². The Morgan fingerprint density at radius 3 is 2.53 bits per heavy atom. The van der Waals surface area contributed by atoms with Gasteiger partial charge in [-0.2, -0.15) is 11.3 Å². The Bertz CT molecular complexity index is 1210. The molecule has 3 aromatic rings. The van der Waals surface area contributed by atoms with E-state index in [2.05, 4.69) is 52.9 Å². The van der Waals surface area contributed by atoms with Crippen LogP contribution in [0.4, 0.5) is 0 Å². The predicted molar refractivity (Wildman–Crippen MR) is 157 cm³/mol. The van der Waals surface area contributed by atoms with Crippen molar-refractivity contribution in [3.05, 3.63) is 92.1 Å². The molecule has 5 rings (SSSR count). The number of nitrogens with zero attached hydrogens (tertiary/aromatic N) is 2. The first-order valence-electron chi connectivity index (χ1n) is 13.5. The number of halogens is 2. The van der Waals surface area contributed by atoms with Crippen molar-refractivity contribution in [3.8, 4) is 0 Å². The fraction of sp³-hybridized carbons (Fsp3) is 0.452. The number of benzene rings is 2. The Hall–Kier alpha value is -1.89. The van der Waals surface area contributed by atoms with Gasteiger partial charge in [-0.05, 0) is 83.7 Å². The van der Waals surface area contributed by atoms with Gasteiger partial charge in [0.15, 0.2) is 0 Å². The summed E-state index contributed by atoms with van der Waals surface area (Å²) in [6.45, 7) is 6.39. The molecular weight excluding hydrogens is 535 g/mol. The lowest BCUT2D eigenvalue weighted by Gasteiger charge is -2.40. The van der Waals surface area contributed by atoms with E-state index in [1.54, 1.807) is 29.5 Å². The minimum Gasteiger partial charge on any atom is -0.390 e. The third kappa shape index (κ3) is 6.63. The summed E-state index contributed by atoms with van der Waals surface area (Å²) >= 11 is 14.0. The van der Waals surface area contributed by atoms with Crippen molar-refractivity contribution in [1.29, 1.82) is 0 Å². The number of aliphatic hydroxyl groups is 1. The largest absolute Gasteiger partial charge is 0.390 e. The smallest absolute Gasteiger partial charge is 0.253 e. The molecule has 7 heteroatoms. The highest BCUT2D eigenvalue weighted by Gasteiger charge is 2.40. The molecule has 3 atom stereocenters. The normalized spacial score (nSPS) is 22.5. The number of rotatable bonds is 8. The number of hydrogen-bond donors (Lipinski definition) is 1. The number of amides is 1. The van der Waals surface area contributed by atoms with Crippen molar-refractivity contribution in [3.63, 3.8) is 0 Å². The molecule has 38 heavy (non-hydrogen) atoms. The lowest BCUT2D eigenvalue weighted by Crippen LogP contribution is -2.47. The maximum absolute atomic E-state index is 13.4. The lowest BCUT2D eigenvalue weighted by atomic mass is 9.81. The van der Waals surface area contributed by atoms with Crippen LogP contribution < -0.4 is 0 Å². The standard InChI is InChI=1S/C31H36Cl2N2O2S/c1-22(15-23-5-3-2-4-6-23)17-31(37)10-12-34(13-11-31)18-26-19-35(20-27(26)25-9-14-38-21-25)30(36)24-7-8-28(32)29(33)16-24/h2-9,14,16,21-22,26-27,37H,10-13,15,17-20H2,1H3. The molecule has 2 aliphatic rings. The molecule has 1 aromatic heterocycles. The zero-order valence-corrected chi connectivity index (χ0v) is 24.2. The number of carbonyl (C=O) groups excluding carboxylic acids is 1. The molecule has 2 fully saturated rings. The van der Waals surface area contributed by atoms with Gasteiger partial charge in [0.1, 0.15) is 0 Å². The quantitative estimate of drug-likeness (QED) is 0.317. The Kier molecular flexibility index (Phi) is 8.81. The van der Waals surface area contributed by atoms with Crippen molar-refractivity contribution in [2.75, 3.05) is 32.7 Å². The Balaban J connectivity index is 1.19.